The highest BCUT2D eigenvalue weighted by Gasteiger charge is 2.25. The number of β-amino-alcohol motifs (C(OH)–C–C–N with tert-alkyl or cyclic N) is 1. The van der Waals surface area contributed by atoms with E-state index in [0.29, 0.717) is 18.3 Å². The molecule has 0 unspecified atom stereocenters. The number of methoxy groups -OCH3 is 2. The van der Waals surface area contributed by atoms with Crippen molar-refractivity contribution < 1.29 is 14.6 Å². The minimum Gasteiger partial charge on any atom is -0.497 e. The lowest BCUT2D eigenvalue weighted by atomic mass is 10.1. The number of nitrogens with zero attached hydrogens (tertiary/aromatic N) is 2. The fourth-order valence-corrected chi connectivity index (χ4v) is 2.87. The Morgan fingerprint density at radius 1 is 1.29 bits per heavy atom. The summed E-state index contributed by atoms with van der Waals surface area (Å²) in [6, 6.07) is 5.97. The molecule has 1 aromatic rings. The van der Waals surface area contributed by atoms with Crippen LogP contribution in [-0.4, -0.2) is 68.4 Å². The summed E-state index contributed by atoms with van der Waals surface area (Å²) in [4.78, 5) is 4.64. The van der Waals surface area contributed by atoms with Gasteiger partial charge in [-0.3, -0.25) is 4.90 Å². The van der Waals surface area contributed by atoms with E-state index in [2.05, 4.69) is 23.8 Å². The van der Waals surface area contributed by atoms with E-state index in [9.17, 15) is 5.11 Å². The lowest BCUT2D eigenvalue weighted by Crippen LogP contribution is -2.51. The van der Waals surface area contributed by atoms with Crippen molar-refractivity contribution in [3.8, 4) is 11.5 Å². The Bertz CT molecular complexity index is 467. The molecule has 1 aromatic carbocycles. The summed E-state index contributed by atoms with van der Waals surface area (Å²) in [5.74, 6) is 1.43. The van der Waals surface area contributed by atoms with Gasteiger partial charge >= 0.3 is 0 Å². The van der Waals surface area contributed by atoms with E-state index in [1.54, 1.807) is 14.2 Å². The van der Waals surface area contributed by atoms with Crippen LogP contribution in [-0.2, 0) is 0 Å². The van der Waals surface area contributed by atoms with Gasteiger partial charge in [-0.05, 0) is 32.2 Å². The summed E-state index contributed by atoms with van der Waals surface area (Å²) < 4.78 is 10.6. The van der Waals surface area contributed by atoms with Crippen LogP contribution in [0.2, 0.25) is 0 Å². The van der Waals surface area contributed by atoms with Gasteiger partial charge in [0.05, 0.1) is 20.3 Å². The zero-order valence-electron chi connectivity index (χ0n) is 13.4. The number of likely N-dealkylation sites (N-methyl/N-ethyl adjacent to an activating group) is 1. The summed E-state index contributed by atoms with van der Waals surface area (Å²) in [5, 5.41) is 10.6. The van der Waals surface area contributed by atoms with Crippen molar-refractivity contribution in [2.24, 2.45) is 0 Å². The fraction of sp³-hybridized carbons (Fsp3) is 0.625. The summed E-state index contributed by atoms with van der Waals surface area (Å²) in [6.07, 6.45) is -0.582. The number of piperazine rings is 1. The van der Waals surface area contributed by atoms with Crippen molar-refractivity contribution in [2.45, 2.75) is 19.1 Å². The van der Waals surface area contributed by atoms with Crippen LogP contribution >= 0.6 is 0 Å². The molecule has 0 aliphatic carbocycles. The van der Waals surface area contributed by atoms with Crippen molar-refractivity contribution in [1.29, 1.82) is 0 Å². The Labute approximate surface area is 127 Å². The first-order chi connectivity index (χ1) is 10.0. The topological polar surface area (TPSA) is 45.2 Å². The fourth-order valence-electron chi connectivity index (χ4n) is 2.87. The molecular formula is C16H26N2O3. The van der Waals surface area contributed by atoms with Gasteiger partial charge in [0.1, 0.15) is 11.5 Å². The average Bonchev–Trinajstić information content (AvgIpc) is 2.49. The molecule has 0 saturated carbocycles. The Balaban J connectivity index is 2.10. The highest BCUT2D eigenvalue weighted by Crippen LogP contribution is 2.30. The maximum absolute atomic E-state index is 10.6. The van der Waals surface area contributed by atoms with Gasteiger partial charge < -0.3 is 19.5 Å². The van der Waals surface area contributed by atoms with Gasteiger partial charge in [-0.25, -0.2) is 0 Å². The predicted octanol–water partition coefficient (Wildman–Crippen LogP) is 1.37. The Kier molecular flexibility index (Phi) is 5.45. The molecule has 5 heteroatoms. The van der Waals surface area contributed by atoms with E-state index < -0.39 is 6.10 Å². The molecule has 1 fully saturated rings. The number of aliphatic hydroxyl groups is 1. The smallest absolute Gasteiger partial charge is 0.124 e. The molecule has 2 atom stereocenters. The molecule has 0 spiro atoms. The lowest BCUT2D eigenvalue weighted by Gasteiger charge is -2.39. The average molecular weight is 294 g/mol. The van der Waals surface area contributed by atoms with Crippen LogP contribution < -0.4 is 9.47 Å². The van der Waals surface area contributed by atoms with Crippen molar-refractivity contribution >= 4 is 0 Å². The number of benzene rings is 1. The van der Waals surface area contributed by atoms with Crippen molar-refractivity contribution in [3.05, 3.63) is 23.8 Å². The molecule has 0 aromatic heterocycles. The number of ether oxygens (including phenoxy) is 2. The predicted molar refractivity (Wildman–Crippen MR) is 83.0 cm³/mol. The van der Waals surface area contributed by atoms with E-state index >= 15 is 0 Å². The van der Waals surface area contributed by atoms with Crippen LogP contribution in [0.3, 0.4) is 0 Å². The second-order valence-corrected chi connectivity index (χ2v) is 5.73. The maximum Gasteiger partial charge on any atom is 0.124 e. The first-order valence-electron chi connectivity index (χ1n) is 7.37. The third-order valence-electron chi connectivity index (χ3n) is 4.17. The molecule has 0 amide bonds. The SMILES string of the molecule is COc1ccc(OC)c([C@@H](O)CN2CCN(C)C[C@@H]2C)c1. The van der Waals surface area contributed by atoms with Crippen LogP contribution in [0.15, 0.2) is 18.2 Å². The monoisotopic (exact) mass is 294 g/mol. The quantitative estimate of drug-likeness (QED) is 0.889. The Morgan fingerprint density at radius 2 is 2.05 bits per heavy atom. The van der Waals surface area contributed by atoms with Crippen LogP contribution in [0.25, 0.3) is 0 Å². The Hall–Kier alpha value is -1.30. The first kappa shape index (κ1) is 16.1. The molecule has 0 radical (unpaired) electrons. The molecule has 118 valence electrons. The molecule has 1 heterocycles. The number of hydrogen-bond donors (Lipinski definition) is 1. The molecular weight excluding hydrogens is 268 g/mol. The van der Waals surface area contributed by atoms with Crippen molar-refractivity contribution in [1.82, 2.24) is 9.80 Å². The van der Waals surface area contributed by atoms with E-state index in [0.717, 1.165) is 30.9 Å². The third kappa shape index (κ3) is 3.87. The number of hydrogen-bond acceptors (Lipinski definition) is 5. The van der Waals surface area contributed by atoms with Gasteiger partial charge in [0.25, 0.3) is 0 Å². The third-order valence-corrected chi connectivity index (χ3v) is 4.17. The number of aliphatic hydroxyl groups excluding tert-OH is 1. The largest absolute Gasteiger partial charge is 0.497 e. The molecule has 21 heavy (non-hydrogen) atoms. The molecule has 2 rings (SSSR count). The molecule has 1 saturated heterocycles. The minimum atomic E-state index is -0.582. The number of rotatable bonds is 5. The van der Waals surface area contributed by atoms with Gasteiger partial charge in [-0.2, -0.15) is 0 Å². The van der Waals surface area contributed by atoms with Crippen LogP contribution in [0.5, 0.6) is 11.5 Å². The van der Waals surface area contributed by atoms with Crippen LogP contribution in [0.1, 0.15) is 18.6 Å². The Morgan fingerprint density at radius 3 is 2.67 bits per heavy atom. The van der Waals surface area contributed by atoms with Crippen molar-refractivity contribution in [3.63, 3.8) is 0 Å². The molecule has 5 nitrogen and oxygen atoms in total. The van der Waals surface area contributed by atoms with Gasteiger partial charge in [0.15, 0.2) is 0 Å². The van der Waals surface area contributed by atoms with E-state index in [4.69, 9.17) is 9.47 Å². The van der Waals surface area contributed by atoms with E-state index in [1.165, 1.54) is 0 Å². The molecule has 0 bridgehead atoms. The van der Waals surface area contributed by atoms with E-state index in [-0.39, 0.29) is 0 Å². The van der Waals surface area contributed by atoms with Crippen molar-refractivity contribution in [2.75, 3.05) is 47.4 Å². The zero-order chi connectivity index (χ0) is 15.4. The molecule has 1 N–H and O–H groups in total. The summed E-state index contributed by atoms with van der Waals surface area (Å²) in [7, 11) is 5.38. The second-order valence-electron chi connectivity index (χ2n) is 5.73. The lowest BCUT2D eigenvalue weighted by molar-refractivity contribution is 0.0464. The maximum atomic E-state index is 10.6. The highest BCUT2D eigenvalue weighted by atomic mass is 16.5. The normalized spacial score (nSPS) is 22.0. The van der Waals surface area contributed by atoms with E-state index in [1.807, 2.05) is 18.2 Å². The molecule has 1 aliphatic rings. The van der Waals surface area contributed by atoms with Gasteiger partial charge in [-0.15, -0.1) is 0 Å². The summed E-state index contributed by atoms with van der Waals surface area (Å²) in [6.45, 7) is 5.85. The van der Waals surface area contributed by atoms with Gasteiger partial charge in [0.2, 0.25) is 0 Å². The standard InChI is InChI=1S/C16H26N2O3/c1-12-10-17(2)7-8-18(12)11-15(19)14-9-13(20-3)5-6-16(14)21-4/h5-6,9,12,15,19H,7-8,10-11H2,1-4H3/t12-,15-/m0/s1. The minimum absolute atomic E-state index is 0.440. The first-order valence-corrected chi connectivity index (χ1v) is 7.37. The molecule has 1 aliphatic heterocycles. The van der Waals surface area contributed by atoms with Gasteiger partial charge in [0, 0.05) is 37.8 Å². The zero-order valence-corrected chi connectivity index (χ0v) is 13.4. The second kappa shape index (κ2) is 7.11. The highest BCUT2D eigenvalue weighted by molar-refractivity contribution is 5.41. The summed E-state index contributed by atoms with van der Waals surface area (Å²) >= 11 is 0. The van der Waals surface area contributed by atoms with Crippen LogP contribution in [0.4, 0.5) is 0 Å². The van der Waals surface area contributed by atoms with Crippen LogP contribution in [0, 0.1) is 0 Å². The summed E-state index contributed by atoms with van der Waals surface area (Å²) in [5.41, 5.74) is 0.781. The van der Waals surface area contributed by atoms with Gasteiger partial charge in [-0.1, -0.05) is 0 Å².